The van der Waals surface area contributed by atoms with E-state index in [9.17, 15) is 0 Å². The maximum atomic E-state index is 5.48. The summed E-state index contributed by atoms with van der Waals surface area (Å²) in [6, 6.07) is 0. The second-order valence-corrected chi connectivity index (χ2v) is 6.99. The van der Waals surface area contributed by atoms with Crippen LogP contribution in [0, 0.1) is 20.8 Å². The summed E-state index contributed by atoms with van der Waals surface area (Å²) in [6.07, 6.45) is 1.84. The Hall–Kier alpha value is -2.15. The minimum absolute atomic E-state index is 0.505. The van der Waals surface area contributed by atoms with E-state index in [0.717, 1.165) is 52.3 Å². The van der Waals surface area contributed by atoms with E-state index in [-0.39, 0.29) is 0 Å². The molecule has 0 aliphatic heterocycles. The number of guanidine groups is 1. The van der Waals surface area contributed by atoms with E-state index >= 15 is 0 Å². The van der Waals surface area contributed by atoms with Crippen LogP contribution in [-0.2, 0) is 13.1 Å². The molecule has 0 fully saturated rings. The maximum Gasteiger partial charge on any atom is 0.194 e. The molecule has 0 saturated carbocycles. The molecule has 0 aliphatic rings. The summed E-state index contributed by atoms with van der Waals surface area (Å²) >= 11 is 1.67. The van der Waals surface area contributed by atoms with Crippen LogP contribution < -0.4 is 10.1 Å². The maximum absolute atomic E-state index is 5.48. The SMILES string of the molecule is CCNC(=NCc1ncc(C)c(OC)c1C)N(C)Cc1csc(C)n1. The van der Waals surface area contributed by atoms with Gasteiger partial charge < -0.3 is 15.0 Å². The van der Waals surface area contributed by atoms with Crippen LogP contribution in [0.4, 0.5) is 0 Å². The van der Waals surface area contributed by atoms with Crippen molar-refractivity contribution in [2.24, 2.45) is 4.99 Å². The predicted octanol–water partition coefficient (Wildman–Crippen LogP) is 3.07. The number of hydrogen-bond acceptors (Lipinski definition) is 5. The van der Waals surface area contributed by atoms with Crippen LogP contribution in [0.25, 0.3) is 0 Å². The summed E-state index contributed by atoms with van der Waals surface area (Å²) in [6.45, 7) is 10.1. The summed E-state index contributed by atoms with van der Waals surface area (Å²) < 4.78 is 5.48. The van der Waals surface area contributed by atoms with Crippen molar-refractivity contribution in [3.63, 3.8) is 0 Å². The van der Waals surface area contributed by atoms with Crippen LogP contribution in [0.3, 0.4) is 0 Å². The number of nitrogens with zero attached hydrogens (tertiary/aromatic N) is 4. The zero-order valence-corrected chi connectivity index (χ0v) is 16.7. The van der Waals surface area contributed by atoms with Crippen molar-refractivity contribution in [3.8, 4) is 5.75 Å². The molecule has 0 aromatic carbocycles. The van der Waals surface area contributed by atoms with Gasteiger partial charge in [-0.15, -0.1) is 11.3 Å². The van der Waals surface area contributed by atoms with Crippen molar-refractivity contribution >= 4 is 17.3 Å². The lowest BCUT2D eigenvalue weighted by Crippen LogP contribution is -2.38. The summed E-state index contributed by atoms with van der Waals surface area (Å²) in [5.74, 6) is 1.73. The molecule has 0 aliphatic carbocycles. The van der Waals surface area contributed by atoms with Gasteiger partial charge in [0, 0.05) is 36.3 Å². The number of thiazole rings is 1. The second-order valence-electron chi connectivity index (χ2n) is 5.93. The third-order valence-electron chi connectivity index (χ3n) is 3.89. The molecule has 25 heavy (non-hydrogen) atoms. The number of aryl methyl sites for hydroxylation is 2. The Labute approximate surface area is 154 Å². The normalized spacial score (nSPS) is 11.5. The molecule has 0 spiro atoms. The molecule has 1 N–H and O–H groups in total. The van der Waals surface area contributed by atoms with Gasteiger partial charge >= 0.3 is 0 Å². The van der Waals surface area contributed by atoms with E-state index < -0.39 is 0 Å². The zero-order chi connectivity index (χ0) is 18.4. The van der Waals surface area contributed by atoms with E-state index in [4.69, 9.17) is 9.73 Å². The van der Waals surface area contributed by atoms with Crippen molar-refractivity contribution in [3.05, 3.63) is 39.1 Å². The monoisotopic (exact) mass is 361 g/mol. The van der Waals surface area contributed by atoms with Crippen molar-refractivity contribution < 1.29 is 4.74 Å². The summed E-state index contributed by atoms with van der Waals surface area (Å²) in [4.78, 5) is 15.9. The van der Waals surface area contributed by atoms with Gasteiger partial charge in [-0.1, -0.05) is 0 Å². The Kier molecular flexibility index (Phi) is 6.75. The standard InChI is InChI=1S/C18H27N5OS/c1-7-19-18(23(5)10-15-11-25-14(4)22-15)21-9-16-13(3)17(24-6)12(2)8-20-16/h8,11H,7,9-10H2,1-6H3,(H,19,21). The molecule has 0 unspecified atom stereocenters. The molecule has 0 radical (unpaired) electrons. The lowest BCUT2D eigenvalue weighted by atomic mass is 10.1. The lowest BCUT2D eigenvalue weighted by Gasteiger charge is -2.21. The Bertz CT molecular complexity index is 741. The molecule has 7 heteroatoms. The van der Waals surface area contributed by atoms with Crippen LogP contribution in [0.5, 0.6) is 5.75 Å². The molecule has 0 amide bonds. The highest BCUT2D eigenvalue weighted by Gasteiger charge is 2.12. The molecule has 0 saturated heterocycles. The van der Waals surface area contributed by atoms with Gasteiger partial charge in [0.1, 0.15) is 5.75 Å². The largest absolute Gasteiger partial charge is 0.496 e. The van der Waals surface area contributed by atoms with Gasteiger partial charge in [0.25, 0.3) is 0 Å². The van der Waals surface area contributed by atoms with Gasteiger partial charge in [-0.2, -0.15) is 0 Å². The minimum atomic E-state index is 0.505. The van der Waals surface area contributed by atoms with Gasteiger partial charge in [-0.3, -0.25) is 4.98 Å². The van der Waals surface area contributed by atoms with E-state index in [2.05, 4.69) is 32.5 Å². The third kappa shape index (κ3) is 4.92. The van der Waals surface area contributed by atoms with Gasteiger partial charge in [-0.05, 0) is 27.7 Å². The number of nitrogens with one attached hydrogen (secondary N) is 1. The summed E-state index contributed by atoms with van der Waals surface area (Å²) in [5.41, 5.74) is 4.06. The molecular weight excluding hydrogens is 334 g/mol. The third-order valence-corrected chi connectivity index (χ3v) is 4.71. The van der Waals surface area contributed by atoms with Gasteiger partial charge in [0.15, 0.2) is 5.96 Å². The van der Waals surface area contributed by atoms with Crippen LogP contribution >= 0.6 is 11.3 Å². The Morgan fingerprint density at radius 2 is 2.12 bits per heavy atom. The van der Waals surface area contributed by atoms with Crippen molar-refractivity contribution in [1.29, 1.82) is 0 Å². The Balaban J connectivity index is 2.16. The van der Waals surface area contributed by atoms with E-state index in [1.165, 1.54) is 0 Å². The Morgan fingerprint density at radius 1 is 1.36 bits per heavy atom. The highest BCUT2D eigenvalue weighted by molar-refractivity contribution is 7.09. The van der Waals surface area contributed by atoms with Crippen LogP contribution in [0.1, 0.15) is 34.4 Å². The van der Waals surface area contributed by atoms with Crippen LogP contribution in [0.2, 0.25) is 0 Å². The molecular formula is C18H27N5OS. The highest BCUT2D eigenvalue weighted by atomic mass is 32.1. The molecule has 0 atom stereocenters. The zero-order valence-electron chi connectivity index (χ0n) is 15.9. The minimum Gasteiger partial charge on any atom is -0.496 e. The number of aliphatic imine (C=N–C) groups is 1. The number of methoxy groups -OCH3 is 1. The van der Waals surface area contributed by atoms with Crippen molar-refractivity contribution in [2.45, 2.75) is 40.8 Å². The first-order chi connectivity index (χ1) is 12.0. The average Bonchev–Trinajstić information content (AvgIpc) is 2.98. The van der Waals surface area contributed by atoms with E-state index in [1.54, 1.807) is 18.4 Å². The van der Waals surface area contributed by atoms with Gasteiger partial charge in [-0.25, -0.2) is 9.98 Å². The number of ether oxygens (including phenoxy) is 1. The molecule has 2 rings (SSSR count). The quantitative estimate of drug-likeness (QED) is 0.633. The van der Waals surface area contributed by atoms with Gasteiger partial charge in [0.2, 0.25) is 0 Å². The first-order valence-corrected chi connectivity index (χ1v) is 9.23. The molecule has 2 heterocycles. The number of hydrogen-bond donors (Lipinski definition) is 1. The fraction of sp³-hybridized carbons (Fsp3) is 0.500. The Morgan fingerprint density at radius 3 is 2.72 bits per heavy atom. The van der Waals surface area contributed by atoms with E-state index in [0.29, 0.717) is 6.54 Å². The van der Waals surface area contributed by atoms with Crippen molar-refractivity contribution in [1.82, 2.24) is 20.2 Å². The first-order valence-electron chi connectivity index (χ1n) is 8.35. The number of rotatable bonds is 6. The molecule has 136 valence electrons. The molecule has 2 aromatic heterocycles. The highest BCUT2D eigenvalue weighted by Crippen LogP contribution is 2.24. The van der Waals surface area contributed by atoms with Crippen molar-refractivity contribution in [2.75, 3.05) is 20.7 Å². The number of aromatic nitrogens is 2. The average molecular weight is 362 g/mol. The summed E-state index contributed by atoms with van der Waals surface area (Å²) in [7, 11) is 3.71. The smallest absolute Gasteiger partial charge is 0.194 e. The second kappa shape index (κ2) is 8.80. The topological polar surface area (TPSA) is 62.6 Å². The fourth-order valence-corrected chi connectivity index (χ4v) is 3.25. The van der Waals surface area contributed by atoms with Gasteiger partial charge in [0.05, 0.1) is 36.6 Å². The predicted molar refractivity (Wildman–Crippen MR) is 103 cm³/mol. The van der Waals surface area contributed by atoms with Crippen LogP contribution in [0.15, 0.2) is 16.6 Å². The lowest BCUT2D eigenvalue weighted by molar-refractivity contribution is 0.407. The molecule has 2 aromatic rings. The van der Waals surface area contributed by atoms with E-state index in [1.807, 2.05) is 34.0 Å². The first kappa shape index (κ1) is 19.2. The molecule has 6 nitrogen and oxygen atoms in total. The summed E-state index contributed by atoms with van der Waals surface area (Å²) in [5, 5.41) is 6.50. The van der Waals surface area contributed by atoms with Crippen LogP contribution in [-0.4, -0.2) is 41.5 Å². The number of pyridine rings is 1. The fourth-order valence-electron chi connectivity index (χ4n) is 2.65. The molecule has 0 bridgehead atoms.